The Kier molecular flexibility index (Phi) is 51.1. The van der Waals surface area contributed by atoms with Gasteiger partial charge in [0.1, 0.15) is 73.6 Å². The van der Waals surface area contributed by atoms with Gasteiger partial charge in [-0.3, -0.25) is 10.0 Å². The Bertz CT molecular complexity index is 6750. The van der Waals surface area contributed by atoms with Crippen molar-refractivity contribution in [1.82, 2.24) is 27.8 Å². The first-order valence-corrected chi connectivity index (χ1v) is 44.2. The van der Waals surface area contributed by atoms with Gasteiger partial charge in [0.15, 0.2) is 36.1 Å². The summed E-state index contributed by atoms with van der Waals surface area (Å²) < 4.78 is 59.2. The van der Waals surface area contributed by atoms with Crippen LogP contribution in [-0.4, -0.2) is 114 Å². The molecule has 1 aliphatic carbocycles. The topological polar surface area (TPSA) is 392 Å². The van der Waals surface area contributed by atoms with Crippen molar-refractivity contribution < 1.29 is 109 Å². The standard InChI is InChI=1S/C17H18N6.C15H15N3O2.C15H18N3O.C14H16N3.C13H18N5.C12H15N5.C11H13N5.CH4O4S.2CH4.4ClH/c1-22-11-12-23(2)17(22)21-20-16-9-7-15(8-10-16)19-14-5-3-13(18)4-6-14;1-18(2)9-4-5-11-14(6-9)20-15-7-10(16)13(19-3)8-12(15)17-11;1-17-10-8-13(9-11-17)12-16-18(2)14-4-6-15(19-3)7-5-14;1-16-10-8-13(9-11-16)12-15-17(2)14-6-4-3-5-7-14;1-16(2)12-7-5-11(6-8-12)14-15-13-17(3)9-10-18(13)4;1-13-10-4-6-11(7-5-10)14-15-12-16(2)8-9-17(12)3;1-15-7-8-16(2)11(15)14-13-10-5-3-9(12)4-6-10;1-6(3,4)5-2;;;;;;/h3-12H,1-2H3,(H2,18,20);4-8,16H,1-3H3;4-12H,1-3H3;3-12H,1-2H3;5-10H,1-4H3;4-9H,1-3H3;3-8,12H,1-2H3;2H,1H3;2*1H4;4*1H/q;;3*+1;;;;;;;;;/p-1. The molecule has 142 heavy (non-hydrogen) atoms. The van der Waals surface area contributed by atoms with Crippen molar-refractivity contribution in [3.8, 4) is 23.0 Å². The Morgan fingerprint density at radius 1 is 0.451 bits per heavy atom. The molecule has 0 bridgehead atoms. The molecular weight excluding hydrogens is 1910 g/mol. The SMILES string of the molecule is C.C.CN(/N=C/c1cc[n+](C)cc1)c1ccccc1.CN(C)c1ccc(N=Nc2n(C)cc[n+]2C)cc1.CNc1ccc(N=Nc2n(C)cc[n+]2C)cc1.COc1cc2nc3ccc(=[N+](C)C)cc-3oc2cc1N.COc1ccc(N(C)/N=C/c2cc[n+](C)cc2)cc1.CS(=O)(=O)O[O-].Cn1cc[n+](C)c1N=Nc1ccc(N)cc1.Cn1cc[n+](C)c1N=Nc1ccc(Nc2ccc(N)cc2)cc1.[Cl-].[Cl-].[Cl-].[Cl-]. The third kappa shape index (κ3) is 38.9. The molecule has 0 saturated heterocycles. The lowest BCUT2D eigenvalue weighted by Gasteiger charge is -2.12. The number of nitrogens with two attached hydrogens (primary N) is 3. The number of hydrazone groups is 2. The largest absolute Gasteiger partial charge is 1.00 e. The third-order valence-electron chi connectivity index (χ3n) is 19.8. The minimum atomic E-state index is -3.72. The number of ether oxygens (including phenoxy) is 2. The van der Waals surface area contributed by atoms with Crippen LogP contribution < -0.4 is 144 Å². The van der Waals surface area contributed by atoms with Gasteiger partial charge in [-0.1, -0.05) is 53.5 Å². The van der Waals surface area contributed by atoms with E-state index in [9.17, 15) is 8.42 Å². The molecule has 0 saturated carbocycles. The molecule has 752 valence electrons. The number of benzene rings is 9. The number of nitrogen functional groups attached to an aromatic ring is 3. The van der Waals surface area contributed by atoms with Crippen molar-refractivity contribution in [2.45, 2.75) is 14.9 Å². The number of methoxy groups -OCH3 is 2. The number of nitrogens with one attached hydrogen (secondary N) is 2. The lowest BCUT2D eigenvalue weighted by Crippen LogP contribution is -3.00. The number of anilines is 9. The quantitative estimate of drug-likeness (QED) is 0.0131. The number of hydrogen-bond donors (Lipinski definition) is 5. The van der Waals surface area contributed by atoms with Gasteiger partial charge in [0, 0.05) is 143 Å². The average molecular weight is 2040 g/mol. The first kappa shape index (κ1) is 120. The van der Waals surface area contributed by atoms with Crippen LogP contribution >= 0.6 is 0 Å². The Balaban J connectivity index is 0.000000420. The van der Waals surface area contributed by atoms with E-state index in [1.54, 1.807) is 38.5 Å². The molecule has 0 spiro atoms. The van der Waals surface area contributed by atoms with Gasteiger partial charge in [-0.15, -0.1) is 0 Å². The molecule has 8 aromatic carbocycles. The molecule has 0 fully saturated rings. The highest BCUT2D eigenvalue weighted by atomic mass is 35.5. The zero-order valence-electron chi connectivity index (χ0n) is 81.7. The summed E-state index contributed by atoms with van der Waals surface area (Å²) in [7, 11) is 32.8. The Morgan fingerprint density at radius 2 is 0.803 bits per heavy atom. The zero-order valence-corrected chi connectivity index (χ0v) is 85.6. The van der Waals surface area contributed by atoms with E-state index in [0.717, 1.165) is 131 Å². The maximum atomic E-state index is 9.47. The van der Waals surface area contributed by atoms with Crippen LogP contribution in [0.5, 0.6) is 11.5 Å². The van der Waals surface area contributed by atoms with E-state index in [1.807, 2.05) is 473 Å². The number of azo groups is 4. The van der Waals surface area contributed by atoms with Crippen LogP contribution in [0.2, 0.25) is 0 Å². The van der Waals surface area contributed by atoms with Crippen LogP contribution in [0, 0.1) is 0 Å². The van der Waals surface area contributed by atoms with Crippen LogP contribution in [-0.2, 0) is 84.9 Å². The number of fused-ring (bicyclic) bond motifs is 2. The summed E-state index contributed by atoms with van der Waals surface area (Å²) in [5, 5.41) is 62.5. The molecule has 8 N–H and O–H groups in total. The molecule has 14 aromatic rings. The molecule has 0 atom stereocenters. The molecule has 2 aliphatic rings. The van der Waals surface area contributed by atoms with Crippen LogP contribution in [0.1, 0.15) is 26.0 Å². The number of rotatable bonds is 21. The smallest absolute Gasteiger partial charge is 0.421 e. The molecule has 0 radical (unpaired) electrons. The Hall–Kier alpha value is -15.7. The molecule has 0 unspecified atom stereocenters. The van der Waals surface area contributed by atoms with Gasteiger partial charge in [-0.05, 0) is 164 Å². The second kappa shape index (κ2) is 60.2. The minimum Gasteiger partial charge on any atom is -1.00 e. The highest BCUT2D eigenvalue weighted by Crippen LogP contribution is 2.32. The Labute approximate surface area is 856 Å². The Morgan fingerprint density at radius 3 is 1.15 bits per heavy atom. The summed E-state index contributed by atoms with van der Waals surface area (Å²) in [5.41, 5.74) is 33.1. The predicted molar refractivity (Wildman–Crippen MR) is 546 cm³/mol. The summed E-state index contributed by atoms with van der Waals surface area (Å²) in [6.07, 6.45) is 27.9. The summed E-state index contributed by atoms with van der Waals surface area (Å²) in [6.45, 7) is 0. The first-order valence-electron chi connectivity index (χ1n) is 42.3. The number of nitrogens with zero attached hydrogens (tertiary/aromatic N) is 25. The first-order chi connectivity index (χ1) is 65.1. The maximum absolute atomic E-state index is 9.47. The van der Waals surface area contributed by atoms with E-state index in [2.05, 4.69) is 76.0 Å². The van der Waals surface area contributed by atoms with Gasteiger partial charge >= 0.3 is 23.8 Å². The molecule has 42 heteroatoms. The number of para-hydroxylation sites is 1. The number of halogens is 4. The van der Waals surface area contributed by atoms with Crippen LogP contribution in [0.25, 0.3) is 22.6 Å². The van der Waals surface area contributed by atoms with Crippen molar-refractivity contribution in [2.75, 3.05) is 113 Å². The molecule has 16 rings (SSSR count). The maximum Gasteiger partial charge on any atom is 0.421 e. The van der Waals surface area contributed by atoms with E-state index < -0.39 is 10.1 Å². The fourth-order valence-electron chi connectivity index (χ4n) is 11.9. The molecule has 1 aliphatic heterocycles. The normalized spacial score (nSPS) is 10.5. The van der Waals surface area contributed by atoms with E-state index in [4.69, 9.17) is 36.3 Å². The fourth-order valence-corrected chi connectivity index (χ4v) is 11.9. The molecular formula is C100H128Cl4N30O7S+2. The molecule has 6 aromatic heterocycles. The highest BCUT2D eigenvalue weighted by Gasteiger charge is 2.17. The monoisotopic (exact) mass is 2030 g/mol. The van der Waals surface area contributed by atoms with Crippen molar-refractivity contribution in [3.05, 3.63) is 321 Å². The zero-order chi connectivity index (χ0) is 98.4. The summed E-state index contributed by atoms with van der Waals surface area (Å²) >= 11 is 0. The van der Waals surface area contributed by atoms with Crippen molar-refractivity contribution in [3.63, 3.8) is 0 Å². The average Bonchev–Trinajstić information content (AvgIpc) is 1.78. The van der Waals surface area contributed by atoms with Crippen molar-refractivity contribution >= 4 is 131 Å². The molecule has 7 heterocycles. The van der Waals surface area contributed by atoms with Gasteiger partial charge < -0.3 is 106 Å². The highest BCUT2D eigenvalue weighted by molar-refractivity contribution is 7.85. The minimum absolute atomic E-state index is 0. The predicted octanol–water partition coefficient (Wildman–Crippen LogP) is 3.13. The third-order valence-corrected chi connectivity index (χ3v) is 20.0. The fraction of sp³-hybridized carbons (Fsp3) is 0.220. The van der Waals surface area contributed by atoms with E-state index in [0.29, 0.717) is 23.3 Å². The number of aryl methyl sites for hydroxylation is 10. The van der Waals surface area contributed by atoms with Crippen LogP contribution in [0.4, 0.5) is 97.7 Å². The van der Waals surface area contributed by atoms with Gasteiger partial charge in [-0.25, -0.2) is 63.6 Å². The van der Waals surface area contributed by atoms with E-state index >= 15 is 0 Å². The number of imidazole rings is 4. The van der Waals surface area contributed by atoms with Crippen molar-refractivity contribution in [2.24, 2.45) is 122 Å². The van der Waals surface area contributed by atoms with Crippen LogP contribution in [0.15, 0.2) is 360 Å². The number of aromatic nitrogens is 11. The second-order valence-corrected chi connectivity index (χ2v) is 32.5. The van der Waals surface area contributed by atoms with Crippen LogP contribution in [0.3, 0.4) is 0 Å². The lowest BCUT2D eigenvalue weighted by atomic mass is 10.2. The van der Waals surface area contributed by atoms with Gasteiger partial charge in [0.2, 0.25) is 5.36 Å². The van der Waals surface area contributed by atoms with Gasteiger partial charge in [-0.2, -0.15) is 10.2 Å². The van der Waals surface area contributed by atoms with Gasteiger partial charge in [0.05, 0.1) is 162 Å². The van der Waals surface area contributed by atoms with E-state index in [-0.39, 0.29) is 64.5 Å². The number of hydrogen-bond acceptors (Lipinski definition) is 26. The van der Waals surface area contributed by atoms with E-state index in [1.165, 1.54) is 0 Å². The molecule has 0 amide bonds. The summed E-state index contributed by atoms with van der Waals surface area (Å²) in [5.74, 6) is 5.37. The lowest BCUT2D eigenvalue weighted by molar-refractivity contribution is -0.671. The summed E-state index contributed by atoms with van der Waals surface area (Å²) in [6, 6.07) is 73.8. The van der Waals surface area contributed by atoms with Crippen molar-refractivity contribution in [1.29, 1.82) is 0 Å². The van der Waals surface area contributed by atoms with Gasteiger partial charge in [0.25, 0.3) is 10.1 Å². The molecule has 37 nitrogen and oxygen atoms in total. The summed E-state index contributed by atoms with van der Waals surface area (Å²) in [4.78, 5) is 6.63. The second-order valence-electron chi connectivity index (χ2n) is 30.9. The number of pyridine rings is 2.